The molecule has 10 heteroatoms. The molecule has 2 atom stereocenters. The Kier molecular flexibility index (Phi) is 5.23. The highest BCUT2D eigenvalue weighted by molar-refractivity contribution is 5.93. The predicted octanol–water partition coefficient (Wildman–Crippen LogP) is 1.67. The highest BCUT2D eigenvalue weighted by atomic mass is 19.1. The number of hydrogen-bond acceptors (Lipinski definition) is 5. The Morgan fingerprint density at radius 1 is 1.33 bits per heavy atom. The van der Waals surface area contributed by atoms with Crippen molar-refractivity contribution in [3.05, 3.63) is 39.9 Å². The van der Waals surface area contributed by atoms with Crippen molar-refractivity contribution >= 4 is 22.6 Å². The van der Waals surface area contributed by atoms with E-state index >= 15 is 4.39 Å². The summed E-state index contributed by atoms with van der Waals surface area (Å²) in [6.07, 6.45) is 0.815. The molecule has 2 fully saturated rings. The van der Waals surface area contributed by atoms with Crippen molar-refractivity contribution in [2.45, 2.75) is 24.6 Å². The van der Waals surface area contributed by atoms with E-state index in [1.54, 1.807) is 4.90 Å². The summed E-state index contributed by atoms with van der Waals surface area (Å²) in [5.41, 5.74) is -3.08. The number of halogens is 3. The van der Waals surface area contributed by atoms with Gasteiger partial charge in [-0.3, -0.25) is 4.79 Å². The van der Waals surface area contributed by atoms with Gasteiger partial charge >= 0.3 is 5.97 Å². The van der Waals surface area contributed by atoms with E-state index in [0.717, 1.165) is 16.8 Å². The molecule has 2 N–H and O–H groups in total. The summed E-state index contributed by atoms with van der Waals surface area (Å²) in [5, 5.41) is 12.4. The highest BCUT2D eigenvalue weighted by Crippen LogP contribution is 2.32. The second-order valence-corrected chi connectivity index (χ2v) is 8.01. The number of nitrogens with zero attached hydrogens (tertiary/aromatic N) is 2. The number of rotatable bonds is 5. The number of carboxylic acids is 1. The minimum Gasteiger partial charge on any atom is -0.477 e. The lowest BCUT2D eigenvalue weighted by molar-refractivity contribution is 0.0212. The molecule has 2 aromatic rings. The molecule has 0 spiro atoms. The van der Waals surface area contributed by atoms with Gasteiger partial charge in [0, 0.05) is 31.2 Å². The second-order valence-electron chi connectivity index (χ2n) is 8.01. The van der Waals surface area contributed by atoms with Crippen molar-refractivity contribution in [1.82, 2.24) is 9.88 Å². The van der Waals surface area contributed by atoms with E-state index in [1.165, 1.54) is 13.0 Å². The maximum absolute atomic E-state index is 15.0. The van der Waals surface area contributed by atoms with Crippen LogP contribution < -0.4 is 15.6 Å². The quantitative estimate of drug-likeness (QED) is 0.759. The van der Waals surface area contributed by atoms with Gasteiger partial charge in [0.25, 0.3) is 0 Å². The lowest BCUT2D eigenvalue weighted by atomic mass is 10.0. The molecule has 30 heavy (non-hydrogen) atoms. The lowest BCUT2D eigenvalue weighted by Crippen LogP contribution is -2.47. The van der Waals surface area contributed by atoms with Crippen LogP contribution in [0.2, 0.25) is 0 Å². The molecule has 1 aromatic heterocycles. The van der Waals surface area contributed by atoms with Gasteiger partial charge in [-0.25, -0.2) is 18.0 Å². The van der Waals surface area contributed by atoms with E-state index in [4.69, 9.17) is 4.74 Å². The van der Waals surface area contributed by atoms with Crippen LogP contribution in [0.3, 0.4) is 0 Å². The summed E-state index contributed by atoms with van der Waals surface area (Å²) in [5.74, 6) is -2.26. The van der Waals surface area contributed by atoms with Crippen LogP contribution in [0.1, 0.15) is 17.3 Å². The highest BCUT2D eigenvalue weighted by Gasteiger charge is 2.37. The van der Waals surface area contributed by atoms with Crippen molar-refractivity contribution in [3.63, 3.8) is 0 Å². The number of morpholine rings is 1. The van der Waals surface area contributed by atoms with E-state index in [-0.39, 0.29) is 28.7 Å². The van der Waals surface area contributed by atoms with E-state index in [2.05, 4.69) is 5.32 Å². The molecule has 0 bridgehead atoms. The van der Waals surface area contributed by atoms with Gasteiger partial charge in [0.1, 0.15) is 24.7 Å². The number of fused-ring (bicyclic) bond motifs is 2. The molecule has 0 aliphatic carbocycles. The molecule has 1 unspecified atom stereocenters. The van der Waals surface area contributed by atoms with Crippen molar-refractivity contribution in [2.75, 3.05) is 44.5 Å². The molecular weight excluding hydrogens is 403 g/mol. The van der Waals surface area contributed by atoms with Crippen molar-refractivity contribution in [1.29, 1.82) is 0 Å². The molecule has 2 aliphatic rings. The fraction of sp³-hybridized carbons (Fsp3) is 0.500. The maximum atomic E-state index is 15.0. The van der Waals surface area contributed by atoms with Gasteiger partial charge in [0.15, 0.2) is 0 Å². The molecule has 3 heterocycles. The van der Waals surface area contributed by atoms with Gasteiger partial charge in [-0.05, 0) is 19.1 Å². The predicted molar refractivity (Wildman–Crippen MR) is 104 cm³/mol. The molecule has 0 amide bonds. The third kappa shape index (κ3) is 3.24. The first-order valence-electron chi connectivity index (χ1n) is 9.63. The van der Waals surface area contributed by atoms with Crippen molar-refractivity contribution in [2.24, 2.45) is 0 Å². The van der Waals surface area contributed by atoms with Gasteiger partial charge in [-0.1, -0.05) is 0 Å². The Labute approximate surface area is 170 Å². The molecule has 7 nitrogen and oxygen atoms in total. The number of aromatic nitrogens is 1. The van der Waals surface area contributed by atoms with Gasteiger partial charge in [-0.2, -0.15) is 0 Å². The number of alkyl halides is 2. The van der Waals surface area contributed by atoms with Crippen LogP contribution in [0.5, 0.6) is 0 Å². The number of pyridine rings is 1. The lowest BCUT2D eigenvalue weighted by Gasteiger charge is -2.29. The molecule has 162 valence electrons. The van der Waals surface area contributed by atoms with Crippen molar-refractivity contribution < 1.29 is 27.8 Å². The summed E-state index contributed by atoms with van der Waals surface area (Å²) in [6.45, 7) is 1.12. The van der Waals surface area contributed by atoms with E-state index in [0.29, 0.717) is 26.2 Å². The molecular formula is C20H22F3N3O4. The fourth-order valence-electron chi connectivity index (χ4n) is 4.13. The normalized spacial score (nSPS) is 21.8. The Morgan fingerprint density at radius 3 is 2.70 bits per heavy atom. The number of benzene rings is 1. The molecule has 2 aliphatic heterocycles. The van der Waals surface area contributed by atoms with Crippen LogP contribution in [-0.4, -0.2) is 67.4 Å². The summed E-state index contributed by atoms with van der Waals surface area (Å²) in [4.78, 5) is 25.9. The Bertz CT molecular complexity index is 1040. The van der Waals surface area contributed by atoms with Crippen LogP contribution in [0, 0.1) is 5.82 Å². The van der Waals surface area contributed by atoms with Crippen LogP contribution in [0.4, 0.5) is 18.9 Å². The molecule has 4 rings (SSSR count). The van der Waals surface area contributed by atoms with Crippen LogP contribution in [-0.2, 0) is 10.3 Å². The van der Waals surface area contributed by atoms with Crippen LogP contribution in [0.15, 0.2) is 23.1 Å². The number of carbonyl (C=O) groups is 1. The first-order valence-corrected chi connectivity index (χ1v) is 9.63. The first-order chi connectivity index (χ1) is 14.3. The number of hydrogen-bond donors (Lipinski definition) is 2. The summed E-state index contributed by atoms with van der Waals surface area (Å²) in [6, 6.07) is 2.33. The van der Waals surface area contributed by atoms with E-state index in [1.807, 2.05) is 0 Å². The van der Waals surface area contributed by atoms with E-state index < -0.39 is 41.7 Å². The van der Waals surface area contributed by atoms with Crippen LogP contribution >= 0.6 is 0 Å². The van der Waals surface area contributed by atoms with Gasteiger partial charge in [0.2, 0.25) is 5.43 Å². The summed E-state index contributed by atoms with van der Waals surface area (Å²) >= 11 is 0. The average Bonchev–Trinajstić information content (AvgIpc) is 3.17. The number of anilines is 1. The standard InChI is InChI=1S/C20H22F3N3O4/c1-20(9-21,10-22)26-6-12(19(28)29)18(27)11-4-13(23)16(5-15(11)26)25-7-14-17(8-25)30-3-2-24-14/h4-6,14,17,24H,2-3,7-10H2,1H3,(H,28,29)/t14?,17-/m1/s1. The van der Waals surface area contributed by atoms with Crippen LogP contribution in [0.25, 0.3) is 10.9 Å². The second kappa shape index (κ2) is 7.59. The molecule has 0 saturated carbocycles. The summed E-state index contributed by atoms with van der Waals surface area (Å²) in [7, 11) is 0. The number of nitrogens with one attached hydrogen (secondary N) is 1. The topological polar surface area (TPSA) is 83.8 Å². The van der Waals surface area contributed by atoms with Gasteiger partial charge < -0.3 is 24.6 Å². The van der Waals surface area contributed by atoms with Gasteiger partial charge in [-0.15, -0.1) is 0 Å². The zero-order valence-corrected chi connectivity index (χ0v) is 16.3. The zero-order valence-electron chi connectivity index (χ0n) is 16.3. The summed E-state index contributed by atoms with van der Waals surface area (Å²) < 4.78 is 49.4. The Balaban J connectivity index is 1.91. The SMILES string of the molecule is CC(CF)(CF)n1cc(C(=O)O)c(=O)c2cc(F)c(N3CC4NCCO[C@@H]4C3)cc21. The largest absolute Gasteiger partial charge is 0.477 e. The first kappa shape index (κ1) is 20.7. The van der Waals surface area contributed by atoms with Gasteiger partial charge in [0.05, 0.1) is 35.5 Å². The van der Waals surface area contributed by atoms with E-state index in [9.17, 15) is 23.5 Å². The number of carboxylic acid groups (broad SMARTS) is 1. The smallest absolute Gasteiger partial charge is 0.341 e. The average molecular weight is 425 g/mol. The number of ether oxygens (including phenoxy) is 1. The maximum Gasteiger partial charge on any atom is 0.341 e. The Hall–Kier alpha value is -2.59. The number of aromatic carboxylic acids is 1. The minimum absolute atomic E-state index is 0.0207. The molecule has 2 saturated heterocycles. The third-order valence-electron chi connectivity index (χ3n) is 5.91. The fourth-order valence-corrected chi connectivity index (χ4v) is 4.13. The Morgan fingerprint density at radius 2 is 2.07 bits per heavy atom. The zero-order chi connectivity index (χ0) is 21.6. The minimum atomic E-state index is -1.74. The molecule has 0 radical (unpaired) electrons. The van der Waals surface area contributed by atoms with Crippen molar-refractivity contribution in [3.8, 4) is 0 Å². The monoisotopic (exact) mass is 425 g/mol. The molecule has 1 aromatic carbocycles. The third-order valence-corrected chi connectivity index (χ3v) is 5.91.